The van der Waals surface area contributed by atoms with Gasteiger partial charge in [-0.1, -0.05) is 0 Å². The van der Waals surface area contributed by atoms with Crippen LogP contribution in [0.15, 0.2) is 24.2 Å². The van der Waals surface area contributed by atoms with Gasteiger partial charge < -0.3 is 4.90 Å². The van der Waals surface area contributed by atoms with Crippen LogP contribution in [-0.4, -0.2) is 33.7 Å². The van der Waals surface area contributed by atoms with E-state index in [0.717, 1.165) is 6.54 Å². The molecule has 0 spiro atoms. The Morgan fingerprint density at radius 3 is 3.06 bits per heavy atom. The van der Waals surface area contributed by atoms with Gasteiger partial charge in [-0.25, -0.2) is 4.39 Å². The summed E-state index contributed by atoms with van der Waals surface area (Å²) >= 11 is 0. The lowest BCUT2D eigenvalue weighted by atomic mass is 10.2. The minimum absolute atomic E-state index is 0.0673. The van der Waals surface area contributed by atoms with Gasteiger partial charge in [-0.15, -0.1) is 0 Å². The number of amides is 1. The Kier molecular flexibility index (Phi) is 3.03. The highest BCUT2D eigenvalue weighted by Crippen LogP contribution is 2.13. The van der Waals surface area contributed by atoms with E-state index in [1.165, 1.54) is 11.0 Å². The van der Waals surface area contributed by atoms with Crippen molar-refractivity contribution >= 4 is 5.91 Å². The molecular formula is C11H14FN3O. The molecule has 1 aliphatic heterocycles. The van der Waals surface area contributed by atoms with Gasteiger partial charge in [0.2, 0.25) is 0 Å². The molecule has 1 amide bonds. The van der Waals surface area contributed by atoms with E-state index in [-0.39, 0.29) is 18.3 Å². The molecule has 0 aliphatic carbocycles. The summed E-state index contributed by atoms with van der Waals surface area (Å²) in [5, 5.41) is 4.11. The van der Waals surface area contributed by atoms with E-state index in [9.17, 15) is 9.18 Å². The summed E-state index contributed by atoms with van der Waals surface area (Å²) in [5.74, 6) is -0.440. The van der Waals surface area contributed by atoms with Gasteiger partial charge in [0, 0.05) is 19.3 Å². The first kappa shape index (κ1) is 10.9. The van der Waals surface area contributed by atoms with Gasteiger partial charge in [0.05, 0.1) is 6.54 Å². The molecule has 86 valence electrons. The molecule has 0 bridgehead atoms. The number of carbonyl (C=O) groups excluding carboxylic acids is 1. The van der Waals surface area contributed by atoms with Crippen LogP contribution in [0.25, 0.3) is 0 Å². The molecule has 2 heterocycles. The summed E-state index contributed by atoms with van der Waals surface area (Å²) in [4.78, 5) is 13.4. The van der Waals surface area contributed by atoms with Crippen molar-refractivity contribution in [1.82, 2.24) is 14.7 Å². The van der Waals surface area contributed by atoms with Crippen molar-refractivity contribution in [2.75, 3.05) is 13.1 Å². The average molecular weight is 223 g/mol. The number of aryl methyl sites for hydroxylation is 1. The first-order chi connectivity index (χ1) is 7.70. The Morgan fingerprint density at radius 1 is 1.62 bits per heavy atom. The van der Waals surface area contributed by atoms with Crippen molar-refractivity contribution in [3.63, 3.8) is 0 Å². The third-order valence-electron chi connectivity index (χ3n) is 2.58. The van der Waals surface area contributed by atoms with Gasteiger partial charge in [0.15, 0.2) is 0 Å². The van der Waals surface area contributed by atoms with Gasteiger partial charge >= 0.3 is 0 Å². The molecule has 2 rings (SSSR count). The Labute approximate surface area is 93.3 Å². The van der Waals surface area contributed by atoms with Crippen LogP contribution in [0.5, 0.6) is 0 Å². The number of carbonyl (C=O) groups is 1. The Balaban J connectivity index is 2.10. The maximum atomic E-state index is 13.0. The topological polar surface area (TPSA) is 38.1 Å². The lowest BCUT2D eigenvalue weighted by molar-refractivity contribution is 0.0748. The summed E-state index contributed by atoms with van der Waals surface area (Å²) in [7, 11) is 0. The van der Waals surface area contributed by atoms with Crippen LogP contribution in [0.1, 0.15) is 23.8 Å². The normalized spacial score (nSPS) is 16.1. The van der Waals surface area contributed by atoms with Crippen LogP contribution >= 0.6 is 0 Å². The van der Waals surface area contributed by atoms with Crippen LogP contribution in [0, 0.1) is 0 Å². The molecule has 0 fully saturated rings. The Morgan fingerprint density at radius 2 is 2.44 bits per heavy atom. The molecule has 0 aromatic carbocycles. The molecule has 0 atom stereocenters. The van der Waals surface area contributed by atoms with Crippen molar-refractivity contribution < 1.29 is 9.18 Å². The standard InChI is InChI=1S/C11H14FN3O/c1-2-15-7-5-10(13-15)11(16)14-6-3-4-9(12)8-14/h4-5,7H,2-3,6,8H2,1H3. The van der Waals surface area contributed by atoms with E-state index in [2.05, 4.69) is 5.10 Å². The van der Waals surface area contributed by atoms with Crippen molar-refractivity contribution in [2.24, 2.45) is 0 Å². The van der Waals surface area contributed by atoms with E-state index < -0.39 is 0 Å². The van der Waals surface area contributed by atoms with E-state index in [1.54, 1.807) is 16.9 Å². The van der Waals surface area contributed by atoms with Gasteiger partial charge in [0.1, 0.15) is 11.5 Å². The molecule has 0 saturated carbocycles. The van der Waals surface area contributed by atoms with E-state index in [0.29, 0.717) is 18.7 Å². The van der Waals surface area contributed by atoms with Gasteiger partial charge in [0.25, 0.3) is 5.91 Å². The highest BCUT2D eigenvalue weighted by Gasteiger charge is 2.21. The summed E-state index contributed by atoms with van der Waals surface area (Å²) in [5.41, 5.74) is 0.386. The third-order valence-corrected chi connectivity index (χ3v) is 2.58. The molecule has 0 N–H and O–H groups in total. The lowest BCUT2D eigenvalue weighted by Crippen LogP contribution is -2.35. The fourth-order valence-corrected chi connectivity index (χ4v) is 1.69. The number of aromatic nitrogens is 2. The van der Waals surface area contributed by atoms with Crippen LogP contribution < -0.4 is 0 Å². The van der Waals surface area contributed by atoms with Crippen LogP contribution in [-0.2, 0) is 6.54 Å². The van der Waals surface area contributed by atoms with Gasteiger partial charge in [-0.05, 0) is 25.5 Å². The molecule has 0 unspecified atom stereocenters. The predicted molar refractivity (Wildman–Crippen MR) is 57.6 cm³/mol. The number of hydrogen-bond acceptors (Lipinski definition) is 2. The highest BCUT2D eigenvalue weighted by molar-refractivity contribution is 5.92. The number of nitrogens with zero attached hydrogens (tertiary/aromatic N) is 3. The lowest BCUT2D eigenvalue weighted by Gasteiger charge is -2.23. The summed E-state index contributed by atoms with van der Waals surface area (Å²) in [6.45, 7) is 3.30. The predicted octanol–water partition coefficient (Wildman–Crippen LogP) is 1.60. The molecule has 4 nitrogen and oxygen atoms in total. The van der Waals surface area contributed by atoms with Crippen LogP contribution in [0.2, 0.25) is 0 Å². The van der Waals surface area contributed by atoms with E-state index in [1.807, 2.05) is 6.92 Å². The maximum absolute atomic E-state index is 13.0. The van der Waals surface area contributed by atoms with Crippen LogP contribution in [0.4, 0.5) is 4.39 Å². The zero-order chi connectivity index (χ0) is 11.5. The first-order valence-electron chi connectivity index (χ1n) is 5.38. The molecule has 1 aromatic heterocycles. The average Bonchev–Trinajstić information content (AvgIpc) is 2.76. The molecule has 1 aromatic rings. The molecule has 16 heavy (non-hydrogen) atoms. The van der Waals surface area contributed by atoms with Crippen LogP contribution in [0.3, 0.4) is 0 Å². The second-order valence-corrected chi connectivity index (χ2v) is 3.72. The number of hydrogen-bond donors (Lipinski definition) is 0. The second-order valence-electron chi connectivity index (χ2n) is 3.72. The van der Waals surface area contributed by atoms with Crippen molar-refractivity contribution in [3.05, 3.63) is 29.9 Å². The molecule has 0 radical (unpaired) electrons. The quantitative estimate of drug-likeness (QED) is 0.763. The smallest absolute Gasteiger partial charge is 0.274 e. The van der Waals surface area contributed by atoms with Crippen molar-refractivity contribution in [2.45, 2.75) is 19.9 Å². The molecular weight excluding hydrogens is 209 g/mol. The molecule has 0 saturated heterocycles. The van der Waals surface area contributed by atoms with E-state index >= 15 is 0 Å². The zero-order valence-electron chi connectivity index (χ0n) is 9.19. The SMILES string of the molecule is CCn1ccc(C(=O)N2CCC=C(F)C2)n1. The minimum Gasteiger partial charge on any atom is -0.330 e. The fourth-order valence-electron chi connectivity index (χ4n) is 1.69. The minimum atomic E-state index is -0.241. The second kappa shape index (κ2) is 4.47. The molecule has 1 aliphatic rings. The van der Waals surface area contributed by atoms with Gasteiger partial charge in [-0.2, -0.15) is 5.10 Å². The summed E-state index contributed by atoms with van der Waals surface area (Å²) in [6, 6.07) is 1.67. The Bertz CT molecular complexity index is 425. The summed E-state index contributed by atoms with van der Waals surface area (Å²) < 4.78 is 14.7. The monoisotopic (exact) mass is 223 g/mol. The number of rotatable bonds is 2. The first-order valence-corrected chi connectivity index (χ1v) is 5.38. The largest absolute Gasteiger partial charge is 0.330 e. The third kappa shape index (κ3) is 2.13. The summed E-state index contributed by atoms with van der Waals surface area (Å²) in [6.07, 6.45) is 3.85. The van der Waals surface area contributed by atoms with Crippen molar-refractivity contribution in [1.29, 1.82) is 0 Å². The Hall–Kier alpha value is -1.65. The maximum Gasteiger partial charge on any atom is 0.274 e. The van der Waals surface area contributed by atoms with E-state index in [4.69, 9.17) is 0 Å². The number of halogens is 1. The van der Waals surface area contributed by atoms with Crippen molar-refractivity contribution in [3.8, 4) is 0 Å². The zero-order valence-corrected chi connectivity index (χ0v) is 9.19. The van der Waals surface area contributed by atoms with Gasteiger partial charge in [-0.3, -0.25) is 9.48 Å². The highest BCUT2D eigenvalue weighted by atomic mass is 19.1. The molecule has 5 heteroatoms. The fraction of sp³-hybridized carbons (Fsp3) is 0.455.